The molecule has 2 N–H and O–H groups in total. The van der Waals surface area contributed by atoms with E-state index in [9.17, 15) is 19.8 Å². The van der Waals surface area contributed by atoms with Crippen LogP contribution < -0.4 is 9.47 Å². The Morgan fingerprint density at radius 2 is 1.81 bits per heavy atom. The number of hydrogen-bond donors (Lipinski definition) is 2. The molecule has 0 spiro atoms. The first-order valence-corrected chi connectivity index (χ1v) is 18.0. The maximum Gasteiger partial charge on any atom is 0.258 e. The molecule has 2 aromatic carbocycles. The van der Waals surface area contributed by atoms with E-state index in [1.54, 1.807) is 37.5 Å². The van der Waals surface area contributed by atoms with Crippen LogP contribution in [0.15, 0.2) is 83.9 Å². The summed E-state index contributed by atoms with van der Waals surface area (Å²) in [5, 5.41) is 21.0. The SMILES string of the molecule is CC/C=C1\C2=C(C)C(=O)C[C@@]1(O)C#C/C=C\C#C[C@@H]2OCCCOc1cc2c(cc1OCCO)C(=O)N1C=C(c3ccc4nccnc4c3)CC1CC2. The minimum atomic E-state index is -1.62. The van der Waals surface area contributed by atoms with Crippen molar-refractivity contribution in [3.63, 3.8) is 0 Å². The smallest absolute Gasteiger partial charge is 0.258 e. The average Bonchev–Trinajstić information content (AvgIpc) is 3.55. The van der Waals surface area contributed by atoms with Gasteiger partial charge in [0.1, 0.15) is 12.7 Å². The molecule has 7 rings (SSSR count). The van der Waals surface area contributed by atoms with Gasteiger partial charge in [0, 0.05) is 42.2 Å². The highest BCUT2D eigenvalue weighted by atomic mass is 16.5. The molecule has 1 unspecified atom stereocenters. The van der Waals surface area contributed by atoms with Crippen LogP contribution in [0.1, 0.15) is 67.4 Å². The van der Waals surface area contributed by atoms with Crippen LogP contribution in [0.4, 0.5) is 0 Å². The molecule has 4 aliphatic rings. The second kappa shape index (κ2) is 15.6. The van der Waals surface area contributed by atoms with Crippen LogP contribution in [0.2, 0.25) is 0 Å². The molecule has 2 bridgehead atoms. The molecule has 2 aliphatic carbocycles. The fraction of sp³-hybridized carbons (Fsp3) is 0.349. The largest absolute Gasteiger partial charge is 0.490 e. The molecule has 0 saturated carbocycles. The predicted molar refractivity (Wildman–Crippen MR) is 200 cm³/mol. The first kappa shape index (κ1) is 35.9. The van der Waals surface area contributed by atoms with Crippen molar-refractivity contribution in [1.29, 1.82) is 0 Å². The summed E-state index contributed by atoms with van der Waals surface area (Å²) < 4.78 is 18.4. The zero-order valence-corrected chi connectivity index (χ0v) is 29.9. The van der Waals surface area contributed by atoms with Gasteiger partial charge in [0.25, 0.3) is 5.91 Å². The lowest BCUT2D eigenvalue weighted by molar-refractivity contribution is -0.118. The summed E-state index contributed by atoms with van der Waals surface area (Å²) in [5.41, 5.74) is 5.19. The Morgan fingerprint density at radius 1 is 1.02 bits per heavy atom. The van der Waals surface area contributed by atoms with Gasteiger partial charge in [0.2, 0.25) is 0 Å². The molecule has 10 nitrogen and oxygen atoms in total. The number of aromatic nitrogens is 2. The summed E-state index contributed by atoms with van der Waals surface area (Å²) in [6.45, 7) is 4.07. The lowest BCUT2D eigenvalue weighted by Crippen LogP contribution is -2.41. The van der Waals surface area contributed by atoms with Crippen LogP contribution in [-0.4, -0.2) is 80.9 Å². The van der Waals surface area contributed by atoms with Gasteiger partial charge in [-0.25, -0.2) is 0 Å². The lowest BCUT2D eigenvalue weighted by atomic mass is 9.73. The molecule has 3 atom stereocenters. The molecular formula is C43H41N3O7. The summed E-state index contributed by atoms with van der Waals surface area (Å²) in [6, 6.07) is 9.61. The summed E-state index contributed by atoms with van der Waals surface area (Å²) in [4.78, 5) is 37.7. The van der Waals surface area contributed by atoms with Crippen LogP contribution in [0.25, 0.3) is 16.6 Å². The fourth-order valence-electron chi connectivity index (χ4n) is 7.32. The third-order valence-corrected chi connectivity index (χ3v) is 9.93. The van der Waals surface area contributed by atoms with Crippen molar-refractivity contribution in [2.45, 2.75) is 70.1 Å². The van der Waals surface area contributed by atoms with Crippen molar-refractivity contribution in [3.05, 3.63) is 101 Å². The van der Waals surface area contributed by atoms with E-state index in [2.05, 4.69) is 33.6 Å². The van der Waals surface area contributed by atoms with Gasteiger partial charge in [-0.1, -0.05) is 42.7 Å². The van der Waals surface area contributed by atoms with Crippen molar-refractivity contribution in [1.82, 2.24) is 14.9 Å². The van der Waals surface area contributed by atoms with Gasteiger partial charge in [-0.3, -0.25) is 19.6 Å². The molecule has 1 amide bonds. The van der Waals surface area contributed by atoms with Gasteiger partial charge in [-0.15, -0.1) is 0 Å². The van der Waals surface area contributed by atoms with E-state index in [4.69, 9.17) is 14.2 Å². The van der Waals surface area contributed by atoms with Crippen molar-refractivity contribution in [2.75, 3.05) is 26.4 Å². The van der Waals surface area contributed by atoms with Crippen LogP contribution in [-0.2, 0) is 16.0 Å². The van der Waals surface area contributed by atoms with Crippen molar-refractivity contribution >= 4 is 28.3 Å². The highest BCUT2D eigenvalue weighted by Gasteiger charge is 2.42. The van der Waals surface area contributed by atoms with Crippen LogP contribution in [0.3, 0.4) is 0 Å². The molecular weight excluding hydrogens is 670 g/mol. The Morgan fingerprint density at radius 3 is 2.64 bits per heavy atom. The quantitative estimate of drug-likeness (QED) is 0.201. The van der Waals surface area contributed by atoms with E-state index in [0.717, 1.165) is 40.6 Å². The number of benzene rings is 2. The third kappa shape index (κ3) is 7.40. The number of Topliss-reactive ketones (excluding diaryl/α,β-unsaturated/α-hetero) is 1. The van der Waals surface area contributed by atoms with E-state index in [1.807, 2.05) is 48.4 Å². The van der Waals surface area contributed by atoms with Crippen molar-refractivity contribution < 1.29 is 34.0 Å². The normalized spacial score (nSPS) is 23.3. The lowest BCUT2D eigenvalue weighted by Gasteiger charge is -2.35. The van der Waals surface area contributed by atoms with Crippen molar-refractivity contribution in [2.24, 2.45) is 0 Å². The van der Waals surface area contributed by atoms with E-state index in [1.165, 1.54) is 0 Å². The van der Waals surface area contributed by atoms with E-state index in [0.29, 0.717) is 53.0 Å². The third-order valence-electron chi connectivity index (χ3n) is 9.93. The summed E-state index contributed by atoms with van der Waals surface area (Å²) in [7, 11) is 0. The highest BCUT2D eigenvalue weighted by molar-refractivity contribution is 6.01. The zero-order valence-electron chi connectivity index (χ0n) is 29.9. The summed E-state index contributed by atoms with van der Waals surface area (Å²) in [6.07, 6.45) is 12.8. The molecule has 53 heavy (non-hydrogen) atoms. The number of rotatable bonds is 11. The average molecular weight is 712 g/mol. The Hall–Kier alpha value is -5.52. The Kier molecular flexibility index (Phi) is 10.6. The standard InChI is InChI=1S/C43H41N3O7/c1-3-9-34-41-28(2)37(48)26-43(34,50)15-7-5-4-6-10-38(41)51-19-8-20-52-39-24-30-11-13-32-22-31(29-12-14-35-36(23-29)45-17-16-44-35)27-46(32)42(49)33(30)25-40(39)53-21-18-47/h4-5,9,12,14,16-17,23-25,27,32,38,47,50H,3,8,11,13,18-22,26H2,1-2H3/b5-4-,34-9+/t32?,38-,43-/m0/s1. The highest BCUT2D eigenvalue weighted by Crippen LogP contribution is 2.41. The number of ether oxygens (including phenoxy) is 3. The fourth-order valence-corrected chi connectivity index (χ4v) is 7.32. The zero-order chi connectivity index (χ0) is 37.0. The number of aryl methyl sites for hydroxylation is 1. The number of carbonyl (C=O) groups excluding carboxylic acids is 2. The Balaban J connectivity index is 1.06. The van der Waals surface area contributed by atoms with E-state index < -0.39 is 11.7 Å². The molecule has 3 heterocycles. The van der Waals surface area contributed by atoms with Gasteiger partial charge in [0.15, 0.2) is 22.9 Å². The van der Waals surface area contributed by atoms with Crippen molar-refractivity contribution in [3.8, 4) is 35.2 Å². The molecule has 0 saturated heterocycles. The maximum atomic E-state index is 14.0. The molecule has 10 heteroatoms. The molecule has 0 radical (unpaired) electrons. The molecule has 270 valence electrons. The van der Waals surface area contributed by atoms with Gasteiger partial charge in [-0.05, 0) is 96.9 Å². The number of aliphatic hydroxyl groups excluding tert-OH is 1. The van der Waals surface area contributed by atoms with Gasteiger partial charge < -0.3 is 29.3 Å². The number of allylic oxidation sites excluding steroid dienone is 4. The molecule has 0 fully saturated rings. The Bertz CT molecular complexity index is 2210. The first-order valence-electron chi connectivity index (χ1n) is 18.0. The monoisotopic (exact) mass is 711 g/mol. The minimum absolute atomic E-state index is 0.0141. The first-order chi connectivity index (χ1) is 25.8. The number of fused-ring (bicyclic) bond motifs is 5. The summed E-state index contributed by atoms with van der Waals surface area (Å²) in [5.74, 6) is 12.3. The molecule has 1 aromatic heterocycles. The molecule has 2 aliphatic heterocycles. The number of ketones is 1. The van der Waals surface area contributed by atoms with E-state index >= 15 is 0 Å². The minimum Gasteiger partial charge on any atom is -0.490 e. The number of amides is 1. The number of nitrogens with zero attached hydrogens (tertiary/aromatic N) is 3. The van der Waals surface area contributed by atoms with Gasteiger partial charge in [0.05, 0.1) is 37.3 Å². The number of carbonyl (C=O) groups is 2. The van der Waals surface area contributed by atoms with Crippen LogP contribution >= 0.6 is 0 Å². The van der Waals surface area contributed by atoms with Gasteiger partial charge >= 0.3 is 0 Å². The van der Waals surface area contributed by atoms with E-state index in [-0.39, 0.29) is 50.6 Å². The Labute approximate surface area is 308 Å². The predicted octanol–water partition coefficient (Wildman–Crippen LogP) is 5.29. The topological polar surface area (TPSA) is 131 Å². The maximum absolute atomic E-state index is 14.0. The number of hydrogen-bond acceptors (Lipinski definition) is 9. The summed E-state index contributed by atoms with van der Waals surface area (Å²) >= 11 is 0. The van der Waals surface area contributed by atoms with Gasteiger partial charge in [-0.2, -0.15) is 0 Å². The number of aliphatic hydroxyl groups is 2. The molecule has 3 aromatic rings. The van der Waals surface area contributed by atoms with Crippen LogP contribution in [0, 0.1) is 23.7 Å². The second-order valence-electron chi connectivity index (χ2n) is 13.4. The second-order valence-corrected chi connectivity index (χ2v) is 13.4. The van der Waals surface area contributed by atoms with Crippen LogP contribution in [0.5, 0.6) is 11.5 Å².